The summed E-state index contributed by atoms with van der Waals surface area (Å²) < 4.78 is 6.78. The van der Waals surface area contributed by atoms with Crippen molar-refractivity contribution in [2.75, 3.05) is 10.6 Å². The van der Waals surface area contributed by atoms with Crippen LogP contribution in [0.3, 0.4) is 0 Å². The van der Waals surface area contributed by atoms with Crippen molar-refractivity contribution in [1.29, 1.82) is 0 Å². The van der Waals surface area contributed by atoms with Gasteiger partial charge in [-0.15, -0.1) is 0 Å². The van der Waals surface area contributed by atoms with Crippen molar-refractivity contribution in [3.05, 3.63) is 76.4 Å². The molecule has 0 bridgehead atoms. The highest BCUT2D eigenvalue weighted by Gasteiger charge is 2.20. The number of anilines is 2. The second-order valence-electron chi connectivity index (χ2n) is 9.74. The van der Waals surface area contributed by atoms with Crippen LogP contribution in [0.5, 0.6) is 11.6 Å². The van der Waals surface area contributed by atoms with Crippen LogP contribution in [0.2, 0.25) is 0 Å². The Morgan fingerprint density at radius 2 is 1.50 bits per heavy atom. The van der Waals surface area contributed by atoms with Gasteiger partial charge in [0, 0.05) is 11.3 Å². The largest absolute Gasteiger partial charge is 0.437 e. The van der Waals surface area contributed by atoms with E-state index in [0.29, 0.717) is 27.6 Å². The Hall–Kier alpha value is -2.86. The maximum atomic E-state index is 12.7. The van der Waals surface area contributed by atoms with Gasteiger partial charge in [0.1, 0.15) is 16.0 Å². The highest BCUT2D eigenvalue weighted by molar-refractivity contribution is 9.10. The number of amides is 2. The van der Waals surface area contributed by atoms with Gasteiger partial charge in [0.2, 0.25) is 5.88 Å². The van der Waals surface area contributed by atoms with Crippen LogP contribution in [0, 0.1) is 0 Å². The third kappa shape index (κ3) is 6.10. The number of nitrogens with zero attached hydrogens (tertiary/aromatic N) is 1. The van der Waals surface area contributed by atoms with Crippen LogP contribution >= 0.6 is 15.9 Å². The summed E-state index contributed by atoms with van der Waals surface area (Å²) in [6.45, 7) is 12.8. The first-order valence-electron chi connectivity index (χ1n) is 10.6. The molecule has 32 heavy (non-hydrogen) atoms. The summed E-state index contributed by atoms with van der Waals surface area (Å²) in [6, 6.07) is 18.8. The van der Waals surface area contributed by atoms with Crippen LogP contribution in [0.4, 0.5) is 16.2 Å². The lowest BCUT2D eigenvalue weighted by Gasteiger charge is -2.23. The van der Waals surface area contributed by atoms with Crippen molar-refractivity contribution in [3.63, 3.8) is 0 Å². The molecule has 0 saturated carbocycles. The molecule has 0 atom stereocenters. The lowest BCUT2D eigenvalue weighted by Crippen LogP contribution is -2.20. The minimum Gasteiger partial charge on any atom is -0.437 e. The summed E-state index contributed by atoms with van der Waals surface area (Å²) >= 11 is 3.39. The van der Waals surface area contributed by atoms with Gasteiger partial charge in [-0.1, -0.05) is 71.9 Å². The number of ether oxygens (including phenoxy) is 1. The Morgan fingerprint density at radius 1 is 0.844 bits per heavy atom. The number of para-hydroxylation sites is 1. The lowest BCUT2D eigenvalue weighted by molar-refractivity contribution is 0.262. The minimum absolute atomic E-state index is 0.0550. The van der Waals surface area contributed by atoms with Gasteiger partial charge in [-0.25, -0.2) is 9.78 Å². The zero-order valence-corrected chi connectivity index (χ0v) is 21.0. The van der Waals surface area contributed by atoms with E-state index < -0.39 is 0 Å². The van der Waals surface area contributed by atoms with Crippen molar-refractivity contribution in [2.45, 2.75) is 52.4 Å². The van der Waals surface area contributed by atoms with Crippen molar-refractivity contribution in [2.24, 2.45) is 0 Å². The number of halogens is 1. The lowest BCUT2D eigenvalue weighted by atomic mass is 9.86. The molecule has 0 radical (unpaired) electrons. The average molecular weight is 496 g/mol. The van der Waals surface area contributed by atoms with Crippen LogP contribution < -0.4 is 15.4 Å². The molecular weight excluding hydrogens is 466 g/mol. The van der Waals surface area contributed by atoms with E-state index in [1.54, 1.807) is 12.1 Å². The topological polar surface area (TPSA) is 63.2 Å². The molecule has 0 aliphatic carbocycles. The first-order valence-corrected chi connectivity index (χ1v) is 11.4. The van der Waals surface area contributed by atoms with E-state index in [4.69, 9.17) is 4.74 Å². The molecular formula is C26H30BrN3O2. The van der Waals surface area contributed by atoms with Gasteiger partial charge in [0.05, 0.1) is 0 Å². The number of benzene rings is 2. The number of rotatable bonds is 4. The van der Waals surface area contributed by atoms with Gasteiger partial charge < -0.3 is 15.4 Å². The van der Waals surface area contributed by atoms with Gasteiger partial charge in [-0.05, 0) is 62.7 Å². The number of pyridine rings is 1. The van der Waals surface area contributed by atoms with Crippen molar-refractivity contribution in [3.8, 4) is 11.6 Å². The highest BCUT2D eigenvalue weighted by Crippen LogP contribution is 2.36. The molecule has 5 nitrogen and oxygen atoms in total. The second-order valence-corrected chi connectivity index (χ2v) is 10.6. The van der Waals surface area contributed by atoms with E-state index in [-0.39, 0.29) is 16.9 Å². The number of hydrogen-bond donors (Lipinski definition) is 2. The summed E-state index contributed by atoms with van der Waals surface area (Å²) in [5.41, 5.74) is 3.39. The molecule has 3 aromatic rings. The number of hydrogen-bond acceptors (Lipinski definition) is 3. The van der Waals surface area contributed by atoms with Crippen molar-refractivity contribution >= 4 is 33.3 Å². The summed E-state index contributed by atoms with van der Waals surface area (Å²) in [4.78, 5) is 17.1. The van der Waals surface area contributed by atoms with E-state index in [0.717, 1.165) is 5.56 Å². The molecule has 0 unspecified atom stereocenters. The number of carbonyl (C=O) groups is 1. The van der Waals surface area contributed by atoms with E-state index in [1.165, 1.54) is 5.56 Å². The molecule has 0 aliphatic heterocycles. The molecule has 1 heterocycles. The average Bonchev–Trinajstić information content (AvgIpc) is 2.69. The summed E-state index contributed by atoms with van der Waals surface area (Å²) in [7, 11) is 0. The maximum Gasteiger partial charge on any atom is 0.323 e. The first kappa shape index (κ1) is 23.8. The van der Waals surface area contributed by atoms with Crippen LogP contribution in [0.1, 0.15) is 52.7 Å². The predicted molar refractivity (Wildman–Crippen MR) is 135 cm³/mol. The summed E-state index contributed by atoms with van der Waals surface area (Å²) in [5, 5.41) is 5.72. The number of nitrogens with one attached hydrogen (secondary N) is 2. The molecule has 1 aromatic heterocycles. The van der Waals surface area contributed by atoms with Gasteiger partial charge in [0.25, 0.3) is 0 Å². The third-order valence-corrected chi connectivity index (χ3v) is 5.43. The number of aromatic nitrogens is 1. The molecule has 0 fully saturated rings. The Bertz CT molecular complexity index is 1100. The second kappa shape index (κ2) is 9.33. The Kier molecular flexibility index (Phi) is 6.94. The monoisotopic (exact) mass is 495 g/mol. The van der Waals surface area contributed by atoms with Crippen molar-refractivity contribution < 1.29 is 9.53 Å². The Balaban J connectivity index is 1.79. The fraction of sp³-hybridized carbons (Fsp3) is 0.308. The Morgan fingerprint density at radius 3 is 2.12 bits per heavy atom. The smallest absolute Gasteiger partial charge is 0.323 e. The third-order valence-electron chi connectivity index (χ3n) is 4.98. The van der Waals surface area contributed by atoms with E-state index in [9.17, 15) is 4.79 Å². The number of carbonyl (C=O) groups excluding carboxylic acids is 1. The standard InChI is InChI=1S/C26H30BrN3O2/c1-25(2,3)17-11-13-18(14-12-17)28-24(31)29-20-15-16-22(27)30-23(20)32-21-10-8-7-9-19(21)26(4,5)6/h7-16H,1-6H3,(H2,28,29,31). The minimum atomic E-state index is -0.369. The maximum absolute atomic E-state index is 12.7. The molecule has 0 spiro atoms. The molecule has 3 rings (SSSR count). The molecule has 6 heteroatoms. The molecule has 2 N–H and O–H groups in total. The molecule has 2 amide bonds. The SMILES string of the molecule is CC(C)(C)c1ccc(NC(=O)Nc2ccc(Br)nc2Oc2ccccc2C(C)(C)C)cc1. The van der Waals surface area contributed by atoms with E-state index in [2.05, 4.69) is 73.1 Å². The highest BCUT2D eigenvalue weighted by atomic mass is 79.9. The van der Waals surface area contributed by atoms with Crippen LogP contribution in [-0.2, 0) is 10.8 Å². The molecule has 168 valence electrons. The zero-order chi connectivity index (χ0) is 23.5. The van der Waals surface area contributed by atoms with Crippen molar-refractivity contribution in [1.82, 2.24) is 4.98 Å². The van der Waals surface area contributed by atoms with Gasteiger partial charge >= 0.3 is 6.03 Å². The predicted octanol–water partition coefficient (Wildman–Crippen LogP) is 7.88. The fourth-order valence-electron chi connectivity index (χ4n) is 3.21. The van der Waals surface area contributed by atoms with Gasteiger partial charge in [0.15, 0.2) is 0 Å². The molecule has 0 aliphatic rings. The van der Waals surface area contributed by atoms with Gasteiger partial charge in [-0.3, -0.25) is 0 Å². The first-order chi connectivity index (χ1) is 14.9. The molecule has 2 aromatic carbocycles. The Labute approximate surface area is 198 Å². The van der Waals surface area contributed by atoms with Gasteiger partial charge in [-0.2, -0.15) is 0 Å². The van der Waals surface area contributed by atoms with Crippen LogP contribution in [-0.4, -0.2) is 11.0 Å². The van der Waals surface area contributed by atoms with Crippen LogP contribution in [0.15, 0.2) is 65.3 Å². The van der Waals surface area contributed by atoms with E-state index in [1.807, 2.05) is 48.5 Å². The summed E-state index contributed by atoms with van der Waals surface area (Å²) in [5.74, 6) is 1.01. The summed E-state index contributed by atoms with van der Waals surface area (Å²) in [6.07, 6.45) is 0. The number of urea groups is 1. The fourth-order valence-corrected chi connectivity index (χ4v) is 3.50. The molecule has 0 saturated heterocycles. The van der Waals surface area contributed by atoms with Crippen LogP contribution in [0.25, 0.3) is 0 Å². The quantitative estimate of drug-likeness (QED) is 0.361. The van der Waals surface area contributed by atoms with E-state index >= 15 is 0 Å². The zero-order valence-electron chi connectivity index (χ0n) is 19.4. The normalized spacial score (nSPS) is 11.7.